The maximum atomic E-state index is 13.7. The number of thioether (sulfide) groups is 1. The zero-order valence-corrected chi connectivity index (χ0v) is 20.8. The summed E-state index contributed by atoms with van der Waals surface area (Å²) >= 11 is 0.372. The first-order valence-electron chi connectivity index (χ1n) is 11.2. The number of aliphatic carboxylic acids is 1. The topological polar surface area (TPSA) is 72.8 Å². The number of carboxylic acid groups (broad SMARTS) is 1. The van der Waals surface area contributed by atoms with Crippen molar-refractivity contribution < 1.29 is 19.2 Å². The average molecular weight is 476 g/mol. The van der Waals surface area contributed by atoms with Gasteiger partial charge in [0.1, 0.15) is 11.5 Å². The van der Waals surface area contributed by atoms with E-state index in [-0.39, 0.29) is 18.4 Å². The number of nitrogens with zero attached hydrogens (tertiary/aromatic N) is 1. The summed E-state index contributed by atoms with van der Waals surface area (Å²) in [5, 5.41) is 8.97. The number of benzene rings is 2. The molecule has 0 radical (unpaired) electrons. The molecule has 0 aromatic heterocycles. The van der Waals surface area contributed by atoms with Crippen LogP contribution in [0.15, 0.2) is 52.3 Å². The van der Waals surface area contributed by atoms with Crippen LogP contribution in [0, 0.1) is 5.41 Å². The van der Waals surface area contributed by atoms with E-state index in [0.717, 1.165) is 53.4 Å². The molecule has 5 nitrogen and oxygen atoms in total. The van der Waals surface area contributed by atoms with Crippen LogP contribution in [0.4, 0.5) is 11.4 Å². The summed E-state index contributed by atoms with van der Waals surface area (Å²) < 4.78 is 19.5. The van der Waals surface area contributed by atoms with E-state index in [4.69, 9.17) is 9.84 Å². The molecular weight excluding hydrogens is 442 g/mol. The van der Waals surface area contributed by atoms with Crippen molar-refractivity contribution in [3.05, 3.63) is 42.5 Å². The number of para-hydroxylation sites is 1. The van der Waals surface area contributed by atoms with Crippen LogP contribution < -0.4 is 9.64 Å². The molecule has 2 atom stereocenters. The van der Waals surface area contributed by atoms with Gasteiger partial charge in [0.15, 0.2) is 4.90 Å². The zero-order valence-electron chi connectivity index (χ0n) is 19.1. The van der Waals surface area contributed by atoms with Crippen molar-refractivity contribution in [3.63, 3.8) is 0 Å². The van der Waals surface area contributed by atoms with Crippen LogP contribution in [0.25, 0.3) is 0 Å². The summed E-state index contributed by atoms with van der Waals surface area (Å²) in [6.07, 6.45) is 6.15. The third kappa shape index (κ3) is 5.74. The second-order valence-electron chi connectivity index (χ2n) is 8.33. The summed E-state index contributed by atoms with van der Waals surface area (Å²) in [7, 11) is 0. The van der Waals surface area contributed by atoms with Gasteiger partial charge in [-0.2, -0.15) is 0 Å². The summed E-state index contributed by atoms with van der Waals surface area (Å²) in [6, 6.07) is 14.2. The molecule has 1 aliphatic rings. The summed E-state index contributed by atoms with van der Waals surface area (Å²) in [5.41, 5.74) is 2.00. The molecule has 0 saturated carbocycles. The lowest BCUT2D eigenvalue weighted by Crippen LogP contribution is -2.37. The van der Waals surface area contributed by atoms with Crippen molar-refractivity contribution in [2.24, 2.45) is 5.41 Å². The Bertz CT molecular complexity index is 908. The van der Waals surface area contributed by atoms with Gasteiger partial charge in [0, 0.05) is 23.7 Å². The third-order valence-electron chi connectivity index (χ3n) is 6.16. The van der Waals surface area contributed by atoms with E-state index in [0.29, 0.717) is 11.5 Å². The number of hydrogen-bond acceptors (Lipinski definition) is 5. The Kier molecular flexibility index (Phi) is 8.79. The van der Waals surface area contributed by atoms with Gasteiger partial charge in [-0.1, -0.05) is 44.9 Å². The number of anilines is 2. The van der Waals surface area contributed by atoms with Crippen molar-refractivity contribution in [2.75, 3.05) is 30.1 Å². The minimum atomic E-state index is -1.18. The normalized spacial score (nSPS) is 20.5. The van der Waals surface area contributed by atoms with Crippen LogP contribution in [0.1, 0.15) is 46.0 Å². The SMILES string of the molecule is CCCCC1(CC)CN(c2ccccc2)c2cc(SC)c(OCCC(=O)O)cc2[S+]([O-])C1. The molecule has 1 heterocycles. The van der Waals surface area contributed by atoms with Crippen molar-refractivity contribution in [1.82, 2.24) is 0 Å². The Labute approximate surface area is 198 Å². The second-order valence-corrected chi connectivity index (χ2v) is 10.6. The predicted molar refractivity (Wildman–Crippen MR) is 133 cm³/mol. The molecule has 2 unspecified atom stereocenters. The first kappa shape index (κ1) is 24.8. The number of fused-ring (bicyclic) bond motifs is 1. The Morgan fingerprint density at radius 1 is 1.28 bits per heavy atom. The lowest BCUT2D eigenvalue weighted by atomic mass is 9.81. The van der Waals surface area contributed by atoms with Gasteiger partial charge in [0.25, 0.3) is 0 Å². The minimum Gasteiger partial charge on any atom is -0.611 e. The van der Waals surface area contributed by atoms with Gasteiger partial charge in [-0.15, -0.1) is 11.8 Å². The number of rotatable bonds is 10. The molecule has 0 fully saturated rings. The van der Waals surface area contributed by atoms with E-state index in [9.17, 15) is 9.35 Å². The monoisotopic (exact) mass is 475 g/mol. The van der Waals surface area contributed by atoms with Gasteiger partial charge in [-0.3, -0.25) is 4.79 Å². The van der Waals surface area contributed by atoms with Gasteiger partial charge in [0.2, 0.25) is 0 Å². The number of ether oxygens (including phenoxy) is 1. The highest BCUT2D eigenvalue weighted by atomic mass is 32.2. The van der Waals surface area contributed by atoms with Crippen molar-refractivity contribution in [3.8, 4) is 5.75 Å². The molecular formula is C25H33NO4S2. The van der Waals surface area contributed by atoms with Crippen LogP contribution in [0.5, 0.6) is 5.75 Å². The molecule has 0 aliphatic carbocycles. The maximum Gasteiger partial charge on any atom is 0.306 e. The molecule has 174 valence electrons. The smallest absolute Gasteiger partial charge is 0.306 e. The van der Waals surface area contributed by atoms with Gasteiger partial charge < -0.3 is 19.3 Å². The first-order chi connectivity index (χ1) is 15.4. The van der Waals surface area contributed by atoms with Crippen LogP contribution in [0.2, 0.25) is 0 Å². The van der Waals surface area contributed by atoms with Crippen molar-refractivity contribution >= 4 is 40.3 Å². The molecule has 2 aromatic rings. The maximum absolute atomic E-state index is 13.7. The lowest BCUT2D eigenvalue weighted by molar-refractivity contribution is -0.137. The summed E-state index contributed by atoms with van der Waals surface area (Å²) in [6.45, 7) is 5.32. The van der Waals surface area contributed by atoms with Gasteiger partial charge in [0.05, 0.1) is 23.6 Å². The molecule has 1 aliphatic heterocycles. The Hall–Kier alpha value is -1.83. The largest absolute Gasteiger partial charge is 0.611 e. The Morgan fingerprint density at radius 2 is 2.03 bits per heavy atom. The number of hydrogen-bond donors (Lipinski definition) is 1. The molecule has 0 bridgehead atoms. The quantitative estimate of drug-likeness (QED) is 0.330. The molecule has 0 saturated heterocycles. The fraction of sp³-hybridized carbons (Fsp3) is 0.480. The average Bonchev–Trinajstić information content (AvgIpc) is 2.92. The van der Waals surface area contributed by atoms with Crippen LogP contribution in [-0.4, -0.2) is 40.8 Å². The van der Waals surface area contributed by atoms with Crippen LogP contribution in [-0.2, 0) is 16.0 Å². The second kappa shape index (κ2) is 11.3. The Morgan fingerprint density at radius 3 is 2.66 bits per heavy atom. The van der Waals surface area contributed by atoms with E-state index in [2.05, 4.69) is 36.9 Å². The molecule has 0 spiro atoms. The lowest BCUT2D eigenvalue weighted by Gasteiger charge is -2.35. The van der Waals surface area contributed by atoms with E-state index >= 15 is 0 Å². The molecule has 3 rings (SSSR count). The van der Waals surface area contributed by atoms with Crippen molar-refractivity contribution in [2.45, 2.75) is 55.7 Å². The standard InChI is InChI=1S/C25H33NO4S2/c1-4-6-13-25(5-2)17-26(19-10-8-7-9-11-19)20-15-22(31-3)21(30-14-12-24(27)28)16-23(20)32(29)18-25/h7-11,15-16H,4-6,12-14,17-18H2,1-3H3,(H,27,28). The molecule has 7 heteroatoms. The van der Waals surface area contributed by atoms with E-state index in [1.165, 1.54) is 0 Å². The van der Waals surface area contributed by atoms with Gasteiger partial charge in [-0.05, 0) is 48.5 Å². The van der Waals surface area contributed by atoms with Crippen LogP contribution >= 0.6 is 11.8 Å². The number of carboxylic acids is 1. The molecule has 2 aromatic carbocycles. The highest BCUT2D eigenvalue weighted by molar-refractivity contribution is 7.98. The van der Waals surface area contributed by atoms with E-state index in [1.807, 2.05) is 30.5 Å². The number of unbranched alkanes of at least 4 members (excludes halogenated alkanes) is 1. The highest BCUT2D eigenvalue weighted by Gasteiger charge is 2.41. The fourth-order valence-electron chi connectivity index (χ4n) is 4.20. The first-order valence-corrected chi connectivity index (χ1v) is 13.7. The minimum absolute atomic E-state index is 0.0421. The highest BCUT2D eigenvalue weighted by Crippen LogP contribution is 2.47. The molecule has 0 amide bonds. The third-order valence-corrected chi connectivity index (χ3v) is 8.62. The number of carbonyl (C=O) groups is 1. The molecule has 32 heavy (non-hydrogen) atoms. The van der Waals surface area contributed by atoms with E-state index < -0.39 is 17.1 Å². The summed E-state index contributed by atoms with van der Waals surface area (Å²) in [4.78, 5) is 14.9. The summed E-state index contributed by atoms with van der Waals surface area (Å²) in [5.74, 6) is 0.330. The Balaban J connectivity index is 2.09. The van der Waals surface area contributed by atoms with Gasteiger partial charge in [-0.25, -0.2) is 0 Å². The van der Waals surface area contributed by atoms with Gasteiger partial charge >= 0.3 is 5.97 Å². The van der Waals surface area contributed by atoms with Crippen LogP contribution in [0.3, 0.4) is 0 Å². The zero-order chi connectivity index (χ0) is 23.1. The molecule has 1 N–H and O–H groups in total. The fourth-order valence-corrected chi connectivity index (χ4v) is 6.54. The van der Waals surface area contributed by atoms with Crippen molar-refractivity contribution in [1.29, 1.82) is 0 Å². The van der Waals surface area contributed by atoms with E-state index in [1.54, 1.807) is 11.8 Å². The predicted octanol–water partition coefficient (Wildman–Crippen LogP) is 6.11.